The number of aliphatic hydroxyl groups excluding tert-OH is 2. The Kier molecular flexibility index (Phi) is 6.53. The van der Waals surface area contributed by atoms with Crippen LogP contribution >= 0.6 is 23.2 Å². The molecule has 9 nitrogen and oxygen atoms in total. The van der Waals surface area contributed by atoms with Gasteiger partial charge in [0.25, 0.3) is 0 Å². The Morgan fingerprint density at radius 1 is 1.14 bits per heavy atom. The van der Waals surface area contributed by atoms with Crippen molar-refractivity contribution >= 4 is 51.1 Å². The molecule has 2 saturated carbocycles. The van der Waals surface area contributed by atoms with E-state index in [9.17, 15) is 10.2 Å². The van der Waals surface area contributed by atoms with Crippen LogP contribution in [-0.4, -0.2) is 71.5 Å². The predicted octanol–water partition coefficient (Wildman–Crippen LogP) is 3.82. The standard InChI is InChI=1S/C26H31Cl2N7O2/c1-34(15-6-13(7-15)2-3-22-32-19-9-17(27)18(28)10-20(19)33-22)11-14-8-21(24(37)23(14)36)35-5-4-16-25(29)30-12-31-26(16)35/h4-5,9-10,12-15,21,23-24,36-37H,2-3,6-8,11H2,1H3,(H,32,33)(H2,29,30,31)/t13-,14-,15-,21-,23-,24+/m1/s1. The van der Waals surface area contributed by atoms with Crippen LogP contribution in [0.25, 0.3) is 22.1 Å². The summed E-state index contributed by atoms with van der Waals surface area (Å²) in [5.41, 5.74) is 8.42. The van der Waals surface area contributed by atoms with Crippen molar-refractivity contribution in [1.29, 1.82) is 0 Å². The van der Waals surface area contributed by atoms with Crippen LogP contribution in [0.15, 0.2) is 30.7 Å². The van der Waals surface area contributed by atoms with Gasteiger partial charge in [-0.05, 0) is 56.8 Å². The zero-order valence-corrected chi connectivity index (χ0v) is 22.1. The van der Waals surface area contributed by atoms with Crippen molar-refractivity contribution < 1.29 is 10.2 Å². The molecule has 6 rings (SSSR count). The molecule has 4 atom stereocenters. The molecule has 0 aliphatic heterocycles. The molecule has 5 N–H and O–H groups in total. The molecule has 3 heterocycles. The summed E-state index contributed by atoms with van der Waals surface area (Å²) in [5, 5.41) is 23.5. The maximum atomic E-state index is 10.9. The van der Waals surface area contributed by atoms with Crippen molar-refractivity contribution in [2.75, 3.05) is 19.3 Å². The van der Waals surface area contributed by atoms with Gasteiger partial charge in [-0.2, -0.15) is 0 Å². The van der Waals surface area contributed by atoms with Gasteiger partial charge in [-0.1, -0.05) is 23.2 Å². The number of aliphatic hydroxyl groups is 2. The van der Waals surface area contributed by atoms with E-state index in [-0.39, 0.29) is 12.0 Å². The van der Waals surface area contributed by atoms with Crippen LogP contribution in [0.1, 0.15) is 37.5 Å². The van der Waals surface area contributed by atoms with E-state index in [1.54, 1.807) is 6.07 Å². The molecule has 3 aromatic heterocycles. The third kappa shape index (κ3) is 4.57. The fourth-order valence-electron chi connectivity index (χ4n) is 6.15. The van der Waals surface area contributed by atoms with E-state index < -0.39 is 12.2 Å². The molecule has 2 aliphatic rings. The van der Waals surface area contributed by atoms with Gasteiger partial charge in [-0.3, -0.25) is 0 Å². The second kappa shape index (κ2) is 9.71. The van der Waals surface area contributed by atoms with Crippen molar-refractivity contribution in [3.63, 3.8) is 0 Å². The highest BCUT2D eigenvalue weighted by Gasteiger charge is 2.44. The fraction of sp³-hybridized carbons (Fsp3) is 0.500. The number of rotatable bonds is 7. The Labute approximate surface area is 224 Å². The molecule has 1 aromatic carbocycles. The first-order valence-corrected chi connectivity index (χ1v) is 13.5. The van der Waals surface area contributed by atoms with Gasteiger partial charge < -0.3 is 30.4 Å². The lowest BCUT2D eigenvalue weighted by Crippen LogP contribution is -2.46. The summed E-state index contributed by atoms with van der Waals surface area (Å²) in [5.74, 6) is 2.01. The first-order chi connectivity index (χ1) is 17.8. The number of nitrogens with one attached hydrogen (secondary N) is 1. The zero-order chi connectivity index (χ0) is 25.8. The van der Waals surface area contributed by atoms with Crippen LogP contribution < -0.4 is 5.73 Å². The number of fused-ring (bicyclic) bond motifs is 2. The van der Waals surface area contributed by atoms with Gasteiger partial charge in [0.2, 0.25) is 0 Å². The van der Waals surface area contributed by atoms with Crippen LogP contribution in [0.3, 0.4) is 0 Å². The largest absolute Gasteiger partial charge is 0.390 e. The number of halogens is 2. The monoisotopic (exact) mass is 543 g/mol. The van der Waals surface area contributed by atoms with E-state index in [0.717, 1.165) is 54.5 Å². The van der Waals surface area contributed by atoms with Gasteiger partial charge in [0.15, 0.2) is 0 Å². The van der Waals surface area contributed by atoms with E-state index in [2.05, 4.69) is 31.9 Å². The molecule has 37 heavy (non-hydrogen) atoms. The van der Waals surface area contributed by atoms with E-state index in [4.69, 9.17) is 28.9 Å². The molecule has 0 saturated heterocycles. The van der Waals surface area contributed by atoms with Crippen LogP contribution in [0.4, 0.5) is 5.82 Å². The molecule has 0 spiro atoms. The topological polar surface area (TPSA) is 129 Å². The average Bonchev–Trinajstić information content (AvgIpc) is 3.51. The Morgan fingerprint density at radius 2 is 1.92 bits per heavy atom. The highest BCUT2D eigenvalue weighted by molar-refractivity contribution is 6.42. The van der Waals surface area contributed by atoms with Gasteiger partial charge in [0.1, 0.15) is 29.7 Å². The van der Waals surface area contributed by atoms with Gasteiger partial charge in [0, 0.05) is 31.1 Å². The highest BCUT2D eigenvalue weighted by atomic mass is 35.5. The first-order valence-electron chi connectivity index (χ1n) is 12.8. The van der Waals surface area contributed by atoms with Crippen molar-refractivity contribution in [2.24, 2.45) is 11.8 Å². The summed E-state index contributed by atoms with van der Waals surface area (Å²) < 4.78 is 1.93. The van der Waals surface area contributed by atoms with Crippen LogP contribution in [0.5, 0.6) is 0 Å². The number of aromatic nitrogens is 5. The number of H-pyrrole nitrogens is 1. The summed E-state index contributed by atoms with van der Waals surface area (Å²) in [6.07, 6.45) is 6.57. The lowest BCUT2D eigenvalue weighted by atomic mass is 9.76. The Hall–Kier alpha value is -2.43. The molecule has 0 bridgehead atoms. The second-order valence-electron chi connectivity index (χ2n) is 10.7. The van der Waals surface area contributed by atoms with E-state index in [1.807, 2.05) is 22.9 Å². The van der Waals surface area contributed by atoms with Crippen molar-refractivity contribution in [1.82, 2.24) is 29.4 Å². The molecule has 2 aliphatic carbocycles. The molecular weight excluding hydrogens is 513 g/mol. The van der Waals surface area contributed by atoms with Crippen LogP contribution in [-0.2, 0) is 6.42 Å². The predicted molar refractivity (Wildman–Crippen MR) is 145 cm³/mol. The Morgan fingerprint density at radius 3 is 2.73 bits per heavy atom. The lowest BCUT2D eigenvalue weighted by Gasteiger charge is -2.42. The fourth-order valence-corrected chi connectivity index (χ4v) is 6.47. The van der Waals surface area contributed by atoms with E-state index >= 15 is 0 Å². The van der Waals surface area contributed by atoms with Crippen molar-refractivity contribution in [2.45, 2.75) is 56.4 Å². The normalized spacial score (nSPS) is 27.9. The van der Waals surface area contributed by atoms with Crippen molar-refractivity contribution in [3.8, 4) is 0 Å². The summed E-state index contributed by atoms with van der Waals surface area (Å²) in [6.45, 7) is 0.744. The minimum Gasteiger partial charge on any atom is -0.390 e. The molecule has 4 aromatic rings. The Balaban J connectivity index is 1.02. The molecule has 196 valence electrons. The number of benzene rings is 1. The highest BCUT2D eigenvalue weighted by Crippen LogP contribution is 2.40. The number of nitrogens with zero attached hydrogens (tertiary/aromatic N) is 5. The maximum Gasteiger partial charge on any atom is 0.145 e. The molecular formula is C26H31Cl2N7O2. The maximum absolute atomic E-state index is 10.9. The van der Waals surface area contributed by atoms with Gasteiger partial charge in [-0.25, -0.2) is 15.0 Å². The third-order valence-electron chi connectivity index (χ3n) is 8.39. The van der Waals surface area contributed by atoms with Crippen molar-refractivity contribution in [3.05, 3.63) is 46.6 Å². The summed E-state index contributed by atoms with van der Waals surface area (Å²) in [6, 6.07) is 5.73. The number of hydrogen-bond acceptors (Lipinski definition) is 7. The smallest absolute Gasteiger partial charge is 0.145 e. The second-order valence-corrected chi connectivity index (χ2v) is 11.5. The van der Waals surface area contributed by atoms with E-state index in [1.165, 1.54) is 6.33 Å². The number of anilines is 1. The van der Waals surface area contributed by atoms with Gasteiger partial charge >= 0.3 is 0 Å². The van der Waals surface area contributed by atoms with Crippen LogP contribution in [0, 0.1) is 11.8 Å². The number of aromatic amines is 1. The van der Waals surface area contributed by atoms with E-state index in [0.29, 0.717) is 39.9 Å². The first kappa shape index (κ1) is 24.9. The minimum atomic E-state index is -0.854. The van der Waals surface area contributed by atoms with Gasteiger partial charge in [-0.15, -0.1) is 0 Å². The summed E-state index contributed by atoms with van der Waals surface area (Å²) in [7, 11) is 2.12. The molecule has 11 heteroatoms. The zero-order valence-electron chi connectivity index (χ0n) is 20.6. The lowest BCUT2D eigenvalue weighted by molar-refractivity contribution is -0.00658. The number of hydrogen-bond donors (Lipinski definition) is 4. The summed E-state index contributed by atoms with van der Waals surface area (Å²) >= 11 is 12.2. The molecule has 0 unspecified atom stereocenters. The quantitative estimate of drug-likeness (QED) is 0.278. The number of imidazole rings is 1. The van der Waals surface area contributed by atoms with Crippen LogP contribution in [0.2, 0.25) is 10.0 Å². The molecule has 0 amide bonds. The SMILES string of the molecule is CN(C[C@H]1C[C@@H](n2ccc3c(N)ncnc32)[C@H](O)[C@@H]1O)[C@H]1C[C@H](CCc2nc3cc(Cl)c(Cl)cc3[nH]2)C1. The Bertz CT molecular complexity index is 1390. The number of nitrogens with two attached hydrogens (primary N) is 1. The number of aryl methyl sites for hydroxylation is 1. The minimum absolute atomic E-state index is 0.0186. The number of nitrogen functional groups attached to an aromatic ring is 1. The van der Waals surface area contributed by atoms with Gasteiger partial charge in [0.05, 0.1) is 38.6 Å². The summed E-state index contributed by atoms with van der Waals surface area (Å²) in [4.78, 5) is 18.8. The molecule has 2 fully saturated rings. The third-order valence-corrected chi connectivity index (χ3v) is 9.11. The average molecular weight is 544 g/mol. The molecule has 0 radical (unpaired) electrons.